The van der Waals surface area contributed by atoms with Gasteiger partial charge in [0.2, 0.25) is 0 Å². The lowest BCUT2D eigenvalue weighted by Gasteiger charge is -2.20. The Morgan fingerprint density at radius 2 is 1.87 bits per heavy atom. The van der Waals surface area contributed by atoms with E-state index in [2.05, 4.69) is 20.6 Å². The molecule has 0 bridgehead atoms. The number of hydrogen-bond acceptors (Lipinski definition) is 8. The molecule has 10 heteroatoms. The van der Waals surface area contributed by atoms with E-state index in [-0.39, 0.29) is 24.1 Å². The molecule has 0 unspecified atom stereocenters. The quantitative estimate of drug-likeness (QED) is 0.124. The molecule has 1 amide bonds. The molecule has 0 fully saturated rings. The SMILES string of the molecule is CN(C(=N)CNc1cccc(C(=O)NCc2cccc(OCCCCCCN)c2)c1)C(=N)c1ccncn1. The van der Waals surface area contributed by atoms with Gasteiger partial charge in [0, 0.05) is 31.0 Å². The Balaban J connectivity index is 1.46. The van der Waals surface area contributed by atoms with Crippen LogP contribution < -0.4 is 21.1 Å². The Morgan fingerprint density at radius 1 is 1.05 bits per heavy atom. The topological polar surface area (TPSA) is 153 Å². The van der Waals surface area contributed by atoms with E-state index in [1.165, 1.54) is 11.2 Å². The fraction of sp³-hybridized carbons (Fsp3) is 0.321. The predicted octanol–water partition coefficient (Wildman–Crippen LogP) is 3.65. The van der Waals surface area contributed by atoms with Crippen molar-refractivity contribution < 1.29 is 9.53 Å². The first-order valence-electron chi connectivity index (χ1n) is 12.7. The van der Waals surface area contributed by atoms with Crippen molar-refractivity contribution in [2.75, 3.05) is 32.1 Å². The second-order valence-corrected chi connectivity index (χ2v) is 8.76. The first-order valence-corrected chi connectivity index (χ1v) is 12.7. The molecule has 0 atom stereocenters. The molecule has 1 aromatic heterocycles. The summed E-state index contributed by atoms with van der Waals surface area (Å²) in [4.78, 5) is 22.1. The zero-order valence-electron chi connectivity index (χ0n) is 21.7. The molecule has 3 rings (SSSR count). The number of likely N-dealkylation sites (N-methyl/N-ethyl adjacent to an activating group) is 1. The maximum Gasteiger partial charge on any atom is 0.251 e. The Morgan fingerprint density at radius 3 is 2.66 bits per heavy atom. The molecule has 0 spiro atoms. The smallest absolute Gasteiger partial charge is 0.251 e. The first-order chi connectivity index (χ1) is 18.5. The summed E-state index contributed by atoms with van der Waals surface area (Å²) in [5.41, 5.74) is 8.12. The molecule has 0 aliphatic rings. The van der Waals surface area contributed by atoms with Crippen LogP contribution in [0.2, 0.25) is 0 Å². The standard InChI is InChI=1S/C28H36N8O2/c1-36(27(31)25-12-14-32-20-35-25)26(30)19-33-23-10-7-9-22(17-23)28(37)34-18-21-8-6-11-24(16-21)38-15-5-3-2-4-13-29/h6-12,14,16-17,20,30-31,33H,2-5,13,15,18-19,29H2,1H3,(H,34,37). The highest BCUT2D eigenvalue weighted by Gasteiger charge is 2.13. The zero-order valence-corrected chi connectivity index (χ0v) is 21.7. The summed E-state index contributed by atoms with van der Waals surface area (Å²) in [6.07, 6.45) is 7.19. The Bertz CT molecular complexity index is 1200. The number of nitrogens with two attached hydrogens (primary N) is 1. The third-order valence-electron chi connectivity index (χ3n) is 5.87. The number of aromatic nitrogens is 2. The van der Waals surface area contributed by atoms with E-state index in [1.807, 2.05) is 30.3 Å². The molecule has 2 aromatic carbocycles. The molecular formula is C28H36N8O2. The van der Waals surface area contributed by atoms with Crippen molar-refractivity contribution in [2.24, 2.45) is 5.73 Å². The summed E-state index contributed by atoms with van der Waals surface area (Å²) in [6.45, 7) is 1.95. The fourth-order valence-corrected chi connectivity index (χ4v) is 3.63. The number of nitrogens with one attached hydrogen (secondary N) is 4. The van der Waals surface area contributed by atoms with Gasteiger partial charge in [0.15, 0.2) is 5.84 Å². The number of unbranched alkanes of at least 4 members (excludes halogenated alkanes) is 3. The number of carbonyl (C=O) groups is 1. The molecule has 0 radical (unpaired) electrons. The summed E-state index contributed by atoms with van der Waals surface area (Å²) in [5, 5.41) is 22.6. The summed E-state index contributed by atoms with van der Waals surface area (Å²) in [7, 11) is 1.64. The van der Waals surface area contributed by atoms with Gasteiger partial charge in [0.1, 0.15) is 23.6 Å². The van der Waals surface area contributed by atoms with Crippen LogP contribution in [0.25, 0.3) is 0 Å². The molecule has 10 nitrogen and oxygen atoms in total. The van der Waals surface area contributed by atoms with E-state index in [0.29, 0.717) is 30.1 Å². The number of carbonyl (C=O) groups excluding carboxylic acids is 1. The average Bonchev–Trinajstić information content (AvgIpc) is 2.96. The van der Waals surface area contributed by atoms with Crippen molar-refractivity contribution in [3.8, 4) is 5.75 Å². The lowest BCUT2D eigenvalue weighted by molar-refractivity contribution is 0.0951. The Kier molecular flexibility index (Phi) is 11.2. The molecule has 200 valence electrons. The normalized spacial score (nSPS) is 10.5. The van der Waals surface area contributed by atoms with Crippen molar-refractivity contribution in [3.63, 3.8) is 0 Å². The average molecular weight is 517 g/mol. The van der Waals surface area contributed by atoms with Crippen molar-refractivity contribution in [3.05, 3.63) is 83.9 Å². The zero-order chi connectivity index (χ0) is 27.2. The second-order valence-electron chi connectivity index (χ2n) is 8.76. The molecule has 38 heavy (non-hydrogen) atoms. The molecule has 0 saturated heterocycles. The Labute approximate surface area is 223 Å². The molecule has 0 aliphatic heterocycles. The van der Waals surface area contributed by atoms with Crippen molar-refractivity contribution in [2.45, 2.75) is 32.2 Å². The van der Waals surface area contributed by atoms with E-state index in [9.17, 15) is 4.79 Å². The van der Waals surface area contributed by atoms with Gasteiger partial charge in [-0.1, -0.05) is 31.0 Å². The molecule has 0 saturated carbocycles. The van der Waals surface area contributed by atoms with Gasteiger partial charge in [-0.15, -0.1) is 0 Å². The lowest BCUT2D eigenvalue weighted by atomic mass is 10.1. The number of amidine groups is 2. The highest BCUT2D eigenvalue weighted by molar-refractivity contribution is 6.06. The van der Waals surface area contributed by atoms with Crippen LogP contribution in [0, 0.1) is 10.8 Å². The molecule has 3 aromatic rings. The maximum absolute atomic E-state index is 12.8. The van der Waals surface area contributed by atoms with Crippen LogP contribution in [0.1, 0.15) is 47.3 Å². The number of rotatable bonds is 14. The fourth-order valence-electron chi connectivity index (χ4n) is 3.63. The van der Waals surface area contributed by atoms with Crippen molar-refractivity contribution in [1.82, 2.24) is 20.2 Å². The van der Waals surface area contributed by atoms with Gasteiger partial charge < -0.3 is 26.0 Å². The summed E-state index contributed by atoms with van der Waals surface area (Å²) >= 11 is 0. The third-order valence-corrected chi connectivity index (χ3v) is 5.87. The number of amides is 1. The minimum Gasteiger partial charge on any atom is -0.494 e. The summed E-state index contributed by atoms with van der Waals surface area (Å²) in [5.74, 6) is 0.880. The predicted molar refractivity (Wildman–Crippen MR) is 150 cm³/mol. The lowest BCUT2D eigenvalue weighted by Crippen LogP contribution is -2.37. The number of hydrogen-bond donors (Lipinski definition) is 5. The van der Waals surface area contributed by atoms with E-state index >= 15 is 0 Å². The van der Waals surface area contributed by atoms with Gasteiger partial charge in [0.05, 0.1) is 13.2 Å². The molecular weight excluding hydrogens is 480 g/mol. The molecule has 6 N–H and O–H groups in total. The van der Waals surface area contributed by atoms with Gasteiger partial charge in [-0.3, -0.25) is 15.6 Å². The number of anilines is 1. The van der Waals surface area contributed by atoms with E-state index in [4.69, 9.17) is 21.3 Å². The second kappa shape index (κ2) is 15.1. The maximum atomic E-state index is 12.8. The van der Waals surface area contributed by atoms with Crippen LogP contribution in [0.15, 0.2) is 67.1 Å². The van der Waals surface area contributed by atoms with E-state index in [1.54, 1.807) is 37.5 Å². The van der Waals surface area contributed by atoms with E-state index < -0.39 is 0 Å². The number of benzene rings is 2. The van der Waals surface area contributed by atoms with E-state index in [0.717, 1.165) is 43.5 Å². The molecule has 0 aliphatic carbocycles. The number of ether oxygens (including phenoxy) is 1. The minimum atomic E-state index is -0.197. The van der Waals surface area contributed by atoms with Crippen LogP contribution in [0.4, 0.5) is 5.69 Å². The molecule has 1 heterocycles. The summed E-state index contributed by atoms with van der Waals surface area (Å²) < 4.78 is 5.84. The highest BCUT2D eigenvalue weighted by atomic mass is 16.5. The minimum absolute atomic E-state index is 0.101. The van der Waals surface area contributed by atoms with Crippen molar-refractivity contribution in [1.29, 1.82) is 10.8 Å². The van der Waals surface area contributed by atoms with Crippen molar-refractivity contribution >= 4 is 23.3 Å². The first kappa shape index (κ1) is 28.3. The van der Waals surface area contributed by atoms with Gasteiger partial charge in [-0.25, -0.2) is 9.97 Å². The Hall–Kier alpha value is -4.31. The monoisotopic (exact) mass is 516 g/mol. The van der Waals surface area contributed by atoms with Gasteiger partial charge in [-0.05, 0) is 61.3 Å². The largest absolute Gasteiger partial charge is 0.494 e. The summed E-state index contributed by atoms with van der Waals surface area (Å²) in [6, 6.07) is 16.5. The van der Waals surface area contributed by atoms with Gasteiger partial charge in [0.25, 0.3) is 5.91 Å². The van der Waals surface area contributed by atoms with Crippen LogP contribution >= 0.6 is 0 Å². The van der Waals surface area contributed by atoms with Crippen LogP contribution in [-0.4, -0.2) is 59.2 Å². The van der Waals surface area contributed by atoms with Gasteiger partial charge in [-0.2, -0.15) is 0 Å². The van der Waals surface area contributed by atoms with Crippen LogP contribution in [0.3, 0.4) is 0 Å². The highest BCUT2D eigenvalue weighted by Crippen LogP contribution is 2.15. The van der Waals surface area contributed by atoms with Crippen LogP contribution in [0.5, 0.6) is 5.75 Å². The van der Waals surface area contributed by atoms with Gasteiger partial charge >= 0.3 is 0 Å². The third kappa shape index (κ3) is 8.97. The number of nitrogens with zero attached hydrogens (tertiary/aromatic N) is 3. The van der Waals surface area contributed by atoms with Crippen LogP contribution in [-0.2, 0) is 6.54 Å².